The fraction of sp³-hybridized carbons (Fsp3) is 0.125. The Morgan fingerprint density at radius 1 is 1.47 bits per heavy atom. The summed E-state index contributed by atoms with van der Waals surface area (Å²) >= 11 is 2.84. The number of nitrogens with one attached hydrogen (secondary N) is 1. The number of ether oxygens (including phenoxy) is 1. The Morgan fingerprint density at radius 3 is 2.67 bits per heavy atom. The maximum atomic E-state index is 12.8. The summed E-state index contributed by atoms with van der Waals surface area (Å²) in [6.45, 7) is -3.06. The molecule has 0 heterocycles. The smallest absolute Gasteiger partial charge is 0.387 e. The zero-order valence-corrected chi connectivity index (χ0v) is 8.72. The van der Waals surface area contributed by atoms with Crippen LogP contribution < -0.4 is 10.1 Å². The molecule has 0 aromatic heterocycles. The van der Waals surface area contributed by atoms with E-state index in [1.165, 1.54) is 0 Å². The maximum Gasteiger partial charge on any atom is 0.387 e. The Balaban J connectivity index is 3.13. The lowest BCUT2D eigenvalue weighted by Gasteiger charge is -2.11. The van der Waals surface area contributed by atoms with E-state index in [0.717, 1.165) is 12.1 Å². The molecule has 1 aromatic carbocycles. The Bertz CT molecular complexity index is 373. The fourth-order valence-electron chi connectivity index (χ4n) is 0.940. The highest BCUT2D eigenvalue weighted by Gasteiger charge is 2.14. The molecular formula is C8H5BrF3NO2. The van der Waals surface area contributed by atoms with Crippen molar-refractivity contribution in [3.8, 4) is 5.75 Å². The number of anilines is 1. The van der Waals surface area contributed by atoms with Crippen molar-refractivity contribution < 1.29 is 22.7 Å². The van der Waals surface area contributed by atoms with Crippen molar-refractivity contribution in [1.82, 2.24) is 0 Å². The lowest BCUT2D eigenvalue weighted by Crippen LogP contribution is -2.06. The number of amides is 1. The molecule has 0 aliphatic rings. The van der Waals surface area contributed by atoms with Gasteiger partial charge in [0.15, 0.2) is 5.75 Å². The lowest BCUT2D eigenvalue weighted by molar-refractivity contribution is -0.105. The van der Waals surface area contributed by atoms with E-state index in [0.29, 0.717) is 0 Å². The van der Waals surface area contributed by atoms with Gasteiger partial charge in [0.2, 0.25) is 6.41 Å². The van der Waals surface area contributed by atoms with Crippen LogP contribution in [0.15, 0.2) is 16.6 Å². The molecule has 0 saturated heterocycles. The topological polar surface area (TPSA) is 38.3 Å². The van der Waals surface area contributed by atoms with Gasteiger partial charge in [-0.25, -0.2) is 4.39 Å². The lowest BCUT2D eigenvalue weighted by atomic mass is 10.3. The van der Waals surface area contributed by atoms with E-state index in [9.17, 15) is 18.0 Å². The molecule has 0 aliphatic heterocycles. The predicted octanol–water partition coefficient (Wildman–Crippen LogP) is 2.76. The molecule has 15 heavy (non-hydrogen) atoms. The molecule has 7 heteroatoms. The summed E-state index contributed by atoms with van der Waals surface area (Å²) in [6.07, 6.45) is 0.236. The third-order valence-electron chi connectivity index (χ3n) is 1.43. The molecule has 3 nitrogen and oxygen atoms in total. The van der Waals surface area contributed by atoms with Gasteiger partial charge in [-0.1, -0.05) is 0 Å². The molecule has 0 atom stereocenters. The van der Waals surface area contributed by atoms with Gasteiger partial charge < -0.3 is 10.1 Å². The number of alkyl halides is 2. The van der Waals surface area contributed by atoms with Crippen LogP contribution in [0.3, 0.4) is 0 Å². The van der Waals surface area contributed by atoms with Crippen molar-refractivity contribution in [3.05, 3.63) is 22.4 Å². The molecular weight excluding hydrogens is 279 g/mol. The highest BCUT2D eigenvalue weighted by atomic mass is 79.9. The second kappa shape index (κ2) is 5.01. The van der Waals surface area contributed by atoms with Crippen molar-refractivity contribution in [2.45, 2.75) is 6.61 Å². The summed E-state index contributed by atoms with van der Waals surface area (Å²) in [7, 11) is 0. The third kappa shape index (κ3) is 3.12. The Hall–Kier alpha value is -1.24. The molecule has 0 radical (unpaired) electrons. The van der Waals surface area contributed by atoms with Gasteiger partial charge in [-0.05, 0) is 22.0 Å². The largest absolute Gasteiger partial charge is 0.431 e. The molecule has 0 spiro atoms. The second-order valence-electron chi connectivity index (χ2n) is 2.40. The van der Waals surface area contributed by atoms with Gasteiger partial charge in [-0.15, -0.1) is 0 Å². The van der Waals surface area contributed by atoms with Crippen LogP contribution in [0.2, 0.25) is 0 Å². The summed E-state index contributed by atoms with van der Waals surface area (Å²) in [4.78, 5) is 10.1. The van der Waals surface area contributed by atoms with Crippen molar-refractivity contribution in [3.63, 3.8) is 0 Å². The van der Waals surface area contributed by atoms with Crippen LogP contribution in [0.1, 0.15) is 0 Å². The summed E-state index contributed by atoms with van der Waals surface area (Å²) in [5.41, 5.74) is -0.169. The zero-order chi connectivity index (χ0) is 11.4. The van der Waals surface area contributed by atoms with E-state index in [1.54, 1.807) is 0 Å². The van der Waals surface area contributed by atoms with Crippen LogP contribution in [0, 0.1) is 5.82 Å². The number of benzene rings is 1. The van der Waals surface area contributed by atoms with Crippen molar-refractivity contribution in [2.24, 2.45) is 0 Å². The van der Waals surface area contributed by atoms with Gasteiger partial charge in [0.25, 0.3) is 0 Å². The van der Waals surface area contributed by atoms with Crippen molar-refractivity contribution in [2.75, 3.05) is 5.32 Å². The highest BCUT2D eigenvalue weighted by Crippen LogP contribution is 2.35. The first-order chi connectivity index (χ1) is 7.04. The van der Waals surface area contributed by atoms with Crippen LogP contribution in [0.25, 0.3) is 0 Å². The molecule has 0 bridgehead atoms. The first-order valence-electron chi connectivity index (χ1n) is 3.68. The van der Waals surface area contributed by atoms with Crippen molar-refractivity contribution >= 4 is 28.0 Å². The number of hydrogen-bond acceptors (Lipinski definition) is 2. The van der Waals surface area contributed by atoms with Gasteiger partial charge in [0.05, 0.1) is 10.2 Å². The molecule has 82 valence electrons. The average molecular weight is 284 g/mol. The third-order valence-corrected chi connectivity index (χ3v) is 2.02. The predicted molar refractivity (Wildman–Crippen MR) is 50.4 cm³/mol. The minimum absolute atomic E-state index is 0.00727. The summed E-state index contributed by atoms with van der Waals surface area (Å²) in [5, 5.41) is 2.05. The van der Waals surface area contributed by atoms with E-state index in [4.69, 9.17) is 0 Å². The maximum absolute atomic E-state index is 12.8. The monoisotopic (exact) mass is 283 g/mol. The molecule has 0 unspecified atom stereocenters. The molecule has 0 fully saturated rings. The van der Waals surface area contributed by atoms with Crippen molar-refractivity contribution in [1.29, 1.82) is 0 Å². The molecule has 1 N–H and O–H groups in total. The number of carbonyl (C=O) groups is 1. The van der Waals surface area contributed by atoms with Crippen LogP contribution in [0.4, 0.5) is 18.9 Å². The van der Waals surface area contributed by atoms with Gasteiger partial charge in [-0.2, -0.15) is 8.78 Å². The van der Waals surface area contributed by atoms with Crippen LogP contribution >= 0.6 is 15.9 Å². The minimum Gasteiger partial charge on any atom is -0.431 e. The first kappa shape index (κ1) is 11.8. The standard InChI is InChI=1S/C8H5BrF3NO2/c9-5-1-4(10)2-6(13-3-14)7(5)15-8(11)12/h1-3,8H,(H,13,14). The van der Waals surface area contributed by atoms with Crippen LogP contribution in [0.5, 0.6) is 5.75 Å². The van der Waals surface area contributed by atoms with E-state index in [-0.39, 0.29) is 22.3 Å². The van der Waals surface area contributed by atoms with E-state index < -0.39 is 12.4 Å². The Kier molecular flexibility index (Phi) is 3.96. The van der Waals surface area contributed by atoms with E-state index in [1.807, 2.05) is 0 Å². The molecule has 0 saturated carbocycles. The van der Waals surface area contributed by atoms with Crippen LogP contribution in [-0.4, -0.2) is 13.0 Å². The summed E-state index contributed by atoms with van der Waals surface area (Å²) in [6, 6.07) is 1.82. The molecule has 0 aliphatic carbocycles. The average Bonchev–Trinajstić information content (AvgIpc) is 2.11. The van der Waals surface area contributed by atoms with Gasteiger partial charge in [0.1, 0.15) is 5.82 Å². The molecule has 1 aromatic rings. The number of halogens is 4. The molecule has 1 amide bonds. The van der Waals surface area contributed by atoms with Gasteiger partial charge in [-0.3, -0.25) is 4.79 Å². The SMILES string of the molecule is O=CNc1cc(F)cc(Br)c1OC(F)F. The molecule has 1 rings (SSSR count). The Morgan fingerprint density at radius 2 is 2.13 bits per heavy atom. The number of carbonyl (C=O) groups excluding carboxylic acids is 1. The fourth-order valence-corrected chi connectivity index (χ4v) is 1.47. The number of hydrogen-bond donors (Lipinski definition) is 1. The van der Waals surface area contributed by atoms with E-state index >= 15 is 0 Å². The normalized spacial score (nSPS) is 10.2. The second-order valence-corrected chi connectivity index (χ2v) is 3.26. The number of rotatable bonds is 4. The minimum atomic E-state index is -3.06. The van der Waals surface area contributed by atoms with E-state index in [2.05, 4.69) is 26.0 Å². The van der Waals surface area contributed by atoms with Crippen LogP contribution in [-0.2, 0) is 4.79 Å². The summed E-state index contributed by atoms with van der Waals surface area (Å²) < 4.78 is 40.9. The van der Waals surface area contributed by atoms with Gasteiger partial charge in [0, 0.05) is 6.07 Å². The quantitative estimate of drug-likeness (QED) is 0.863. The summed E-state index contributed by atoms with van der Waals surface area (Å²) in [5.74, 6) is -1.01. The Labute approximate surface area is 91.4 Å². The highest BCUT2D eigenvalue weighted by molar-refractivity contribution is 9.10. The first-order valence-corrected chi connectivity index (χ1v) is 4.48. The van der Waals surface area contributed by atoms with Gasteiger partial charge >= 0.3 is 6.61 Å². The zero-order valence-electron chi connectivity index (χ0n) is 7.14.